The molecule has 3 aromatic rings. The fourth-order valence-electron chi connectivity index (χ4n) is 3.44. The van der Waals surface area contributed by atoms with Gasteiger partial charge in [0.1, 0.15) is 16.9 Å². The molecule has 0 bridgehead atoms. The molecule has 0 saturated heterocycles. The number of carbonyl (C=O) groups is 1. The fraction of sp³-hybridized carbons (Fsp3) is 0.286. The number of nitrogens with zero attached hydrogens (tertiary/aromatic N) is 2. The maximum atomic E-state index is 13.2. The summed E-state index contributed by atoms with van der Waals surface area (Å²) >= 11 is 0. The summed E-state index contributed by atoms with van der Waals surface area (Å²) in [6, 6.07) is 8.00. The minimum atomic E-state index is -0.969. The smallest absolute Gasteiger partial charge is 0.267 e. The molecule has 0 radical (unpaired) electrons. The van der Waals surface area contributed by atoms with E-state index in [0.717, 1.165) is 24.0 Å². The van der Waals surface area contributed by atoms with Gasteiger partial charge in [0.25, 0.3) is 11.5 Å². The van der Waals surface area contributed by atoms with Gasteiger partial charge in [-0.25, -0.2) is 9.37 Å². The third kappa shape index (κ3) is 3.24. The number of rotatable bonds is 5. The second-order valence-corrected chi connectivity index (χ2v) is 7.35. The maximum absolute atomic E-state index is 13.2. The molecule has 7 heteroatoms. The number of aromatic hydroxyl groups is 1. The molecule has 1 aliphatic rings. The Morgan fingerprint density at radius 1 is 1.32 bits per heavy atom. The standard InChI is InChI=1S/C21H20FN3O3/c1-11-14(8-12-4-6-15(22)7-5-12)9-16-18(24-11)19(26)17(20(23)27)21(28)25(16)10-13-2-3-13/h4-7,9,13,26H,2-3,8,10H2,1H3,(H2,23,27). The average molecular weight is 381 g/mol. The van der Waals surface area contributed by atoms with Crippen LogP contribution in [0, 0.1) is 18.7 Å². The van der Waals surface area contributed by atoms with Gasteiger partial charge in [-0.05, 0) is 61.4 Å². The summed E-state index contributed by atoms with van der Waals surface area (Å²) in [5.74, 6) is -1.38. The zero-order valence-corrected chi connectivity index (χ0v) is 15.4. The molecular weight excluding hydrogens is 361 g/mol. The molecule has 2 aromatic heterocycles. The summed E-state index contributed by atoms with van der Waals surface area (Å²) in [5.41, 5.74) is 7.39. The summed E-state index contributed by atoms with van der Waals surface area (Å²) in [4.78, 5) is 29.1. The Balaban J connectivity index is 1.91. The number of carbonyl (C=O) groups excluding carboxylic acids is 1. The first-order chi connectivity index (χ1) is 13.3. The number of aryl methyl sites for hydroxylation is 1. The molecule has 0 spiro atoms. The van der Waals surface area contributed by atoms with Crippen molar-refractivity contribution in [3.63, 3.8) is 0 Å². The normalized spacial score (nSPS) is 13.8. The highest BCUT2D eigenvalue weighted by molar-refractivity contribution is 6.00. The van der Waals surface area contributed by atoms with Gasteiger partial charge in [-0.3, -0.25) is 9.59 Å². The minimum absolute atomic E-state index is 0.189. The molecule has 28 heavy (non-hydrogen) atoms. The molecule has 2 heterocycles. The molecule has 0 unspecified atom stereocenters. The number of pyridine rings is 2. The van der Waals surface area contributed by atoms with E-state index in [-0.39, 0.29) is 11.3 Å². The largest absolute Gasteiger partial charge is 0.505 e. The van der Waals surface area contributed by atoms with Gasteiger partial charge >= 0.3 is 0 Å². The number of hydrogen-bond donors (Lipinski definition) is 2. The molecule has 1 saturated carbocycles. The van der Waals surface area contributed by atoms with Gasteiger partial charge in [0.05, 0.1) is 5.52 Å². The van der Waals surface area contributed by atoms with Crippen LogP contribution in [0.2, 0.25) is 0 Å². The number of primary amides is 1. The van der Waals surface area contributed by atoms with Crippen LogP contribution in [-0.2, 0) is 13.0 Å². The number of aromatic nitrogens is 2. The molecule has 1 aromatic carbocycles. The Morgan fingerprint density at radius 2 is 2.00 bits per heavy atom. The van der Waals surface area contributed by atoms with Gasteiger partial charge in [0.15, 0.2) is 5.75 Å². The molecule has 4 rings (SSSR count). The van der Waals surface area contributed by atoms with Crippen LogP contribution in [0.5, 0.6) is 5.75 Å². The number of hydrogen-bond acceptors (Lipinski definition) is 4. The topological polar surface area (TPSA) is 98.2 Å². The van der Waals surface area contributed by atoms with E-state index in [2.05, 4.69) is 4.98 Å². The van der Waals surface area contributed by atoms with Crippen molar-refractivity contribution in [3.8, 4) is 5.75 Å². The van der Waals surface area contributed by atoms with E-state index in [1.54, 1.807) is 19.1 Å². The van der Waals surface area contributed by atoms with E-state index in [1.165, 1.54) is 16.7 Å². The quantitative estimate of drug-likeness (QED) is 0.710. The zero-order valence-electron chi connectivity index (χ0n) is 15.4. The summed E-state index contributed by atoms with van der Waals surface area (Å²) in [6.07, 6.45) is 2.54. The van der Waals surface area contributed by atoms with Gasteiger partial charge in [0, 0.05) is 12.2 Å². The number of amides is 1. The number of benzene rings is 1. The van der Waals surface area contributed by atoms with E-state index < -0.39 is 22.8 Å². The first kappa shape index (κ1) is 18.2. The van der Waals surface area contributed by atoms with Crippen LogP contribution in [0.15, 0.2) is 35.1 Å². The molecule has 1 amide bonds. The van der Waals surface area contributed by atoms with Gasteiger partial charge in [-0.2, -0.15) is 0 Å². The van der Waals surface area contributed by atoms with Crippen molar-refractivity contribution in [1.82, 2.24) is 9.55 Å². The summed E-state index contributed by atoms with van der Waals surface area (Å²) in [6.45, 7) is 2.24. The van der Waals surface area contributed by atoms with Gasteiger partial charge in [-0.15, -0.1) is 0 Å². The predicted molar refractivity (Wildman–Crippen MR) is 103 cm³/mol. The summed E-state index contributed by atoms with van der Waals surface area (Å²) < 4.78 is 14.7. The highest BCUT2D eigenvalue weighted by atomic mass is 19.1. The van der Waals surface area contributed by atoms with Crippen molar-refractivity contribution in [2.75, 3.05) is 0 Å². The SMILES string of the molecule is Cc1nc2c(O)c(C(N)=O)c(=O)n(CC3CC3)c2cc1Cc1ccc(F)cc1. The minimum Gasteiger partial charge on any atom is -0.505 e. The average Bonchev–Trinajstić information content (AvgIpc) is 3.46. The van der Waals surface area contributed by atoms with Crippen LogP contribution < -0.4 is 11.3 Å². The summed E-state index contributed by atoms with van der Waals surface area (Å²) in [7, 11) is 0. The Bertz CT molecular complexity index is 1150. The number of halogens is 1. The van der Waals surface area contributed by atoms with Crippen LogP contribution >= 0.6 is 0 Å². The molecule has 3 N–H and O–H groups in total. The van der Waals surface area contributed by atoms with Crippen molar-refractivity contribution in [3.05, 3.63) is 68.9 Å². The van der Waals surface area contributed by atoms with Crippen molar-refractivity contribution in [2.45, 2.75) is 32.7 Å². The molecule has 1 fully saturated rings. The van der Waals surface area contributed by atoms with Crippen molar-refractivity contribution in [1.29, 1.82) is 0 Å². The highest BCUT2D eigenvalue weighted by Crippen LogP contribution is 2.33. The van der Waals surface area contributed by atoms with E-state index in [0.29, 0.717) is 30.1 Å². The third-order valence-corrected chi connectivity index (χ3v) is 5.20. The molecule has 0 aliphatic heterocycles. The fourth-order valence-corrected chi connectivity index (χ4v) is 3.44. The molecule has 144 valence electrons. The van der Waals surface area contributed by atoms with Crippen LogP contribution in [-0.4, -0.2) is 20.6 Å². The molecule has 1 aliphatic carbocycles. The lowest BCUT2D eigenvalue weighted by Crippen LogP contribution is -2.31. The molecule has 6 nitrogen and oxygen atoms in total. The van der Waals surface area contributed by atoms with E-state index in [4.69, 9.17) is 5.73 Å². The van der Waals surface area contributed by atoms with Crippen molar-refractivity contribution in [2.24, 2.45) is 11.7 Å². The lowest BCUT2D eigenvalue weighted by atomic mass is 10.0. The van der Waals surface area contributed by atoms with Crippen LogP contribution in [0.4, 0.5) is 4.39 Å². The highest BCUT2D eigenvalue weighted by Gasteiger charge is 2.27. The maximum Gasteiger partial charge on any atom is 0.267 e. The Hall–Kier alpha value is -3.22. The Kier molecular flexibility index (Phi) is 4.37. The number of nitrogens with two attached hydrogens (primary N) is 1. The Labute approximate surface area is 160 Å². The Morgan fingerprint density at radius 3 is 2.61 bits per heavy atom. The zero-order chi connectivity index (χ0) is 20.0. The first-order valence-corrected chi connectivity index (χ1v) is 9.15. The van der Waals surface area contributed by atoms with Gasteiger partial charge in [0.2, 0.25) is 0 Å². The van der Waals surface area contributed by atoms with E-state index >= 15 is 0 Å². The lowest BCUT2D eigenvalue weighted by Gasteiger charge is -2.15. The molecular formula is C21H20FN3O3. The second-order valence-electron chi connectivity index (χ2n) is 7.35. The summed E-state index contributed by atoms with van der Waals surface area (Å²) in [5, 5.41) is 10.5. The molecule has 0 atom stereocenters. The second kappa shape index (κ2) is 6.74. The lowest BCUT2D eigenvalue weighted by molar-refractivity contribution is 0.0996. The third-order valence-electron chi connectivity index (χ3n) is 5.20. The van der Waals surface area contributed by atoms with E-state index in [9.17, 15) is 19.1 Å². The van der Waals surface area contributed by atoms with Crippen molar-refractivity contribution >= 4 is 16.9 Å². The van der Waals surface area contributed by atoms with E-state index in [1.807, 2.05) is 6.07 Å². The van der Waals surface area contributed by atoms with Crippen LogP contribution in [0.1, 0.15) is 40.0 Å². The van der Waals surface area contributed by atoms with Gasteiger partial charge in [-0.1, -0.05) is 12.1 Å². The first-order valence-electron chi connectivity index (χ1n) is 9.15. The predicted octanol–water partition coefficient (Wildman–Crippen LogP) is 2.65. The van der Waals surface area contributed by atoms with Crippen LogP contribution in [0.25, 0.3) is 11.0 Å². The van der Waals surface area contributed by atoms with Crippen molar-refractivity contribution < 1.29 is 14.3 Å². The number of fused-ring (bicyclic) bond motifs is 1. The monoisotopic (exact) mass is 381 g/mol. The van der Waals surface area contributed by atoms with Crippen LogP contribution in [0.3, 0.4) is 0 Å². The van der Waals surface area contributed by atoms with Gasteiger partial charge < -0.3 is 15.4 Å².